The summed E-state index contributed by atoms with van der Waals surface area (Å²) in [5.74, 6) is 0.429. The molecule has 1 amide bonds. The first-order valence-electron chi connectivity index (χ1n) is 13.7. The number of piperazine rings is 1. The minimum atomic E-state index is -4.40. The predicted molar refractivity (Wildman–Crippen MR) is 146 cm³/mol. The zero-order valence-electron chi connectivity index (χ0n) is 22.6. The van der Waals surface area contributed by atoms with Crippen molar-refractivity contribution in [1.29, 1.82) is 0 Å². The molecule has 10 heteroatoms. The van der Waals surface area contributed by atoms with Gasteiger partial charge in [-0.25, -0.2) is 4.98 Å². The van der Waals surface area contributed by atoms with E-state index in [1.807, 2.05) is 40.4 Å². The molecule has 0 spiro atoms. The summed E-state index contributed by atoms with van der Waals surface area (Å²) in [5.41, 5.74) is 1.44. The van der Waals surface area contributed by atoms with E-state index in [-0.39, 0.29) is 17.9 Å². The minimum Gasteiger partial charge on any atom is -0.353 e. The Labute approximate surface area is 228 Å². The zero-order chi connectivity index (χ0) is 27.8. The summed E-state index contributed by atoms with van der Waals surface area (Å²) in [7, 11) is 0. The van der Waals surface area contributed by atoms with Crippen molar-refractivity contribution in [1.82, 2.24) is 24.8 Å². The summed E-state index contributed by atoms with van der Waals surface area (Å²) >= 11 is 0. The van der Waals surface area contributed by atoms with Gasteiger partial charge in [-0.15, -0.1) is 0 Å². The summed E-state index contributed by atoms with van der Waals surface area (Å²) < 4.78 is 41.2. The van der Waals surface area contributed by atoms with E-state index in [0.717, 1.165) is 42.8 Å². The number of aromatic nitrogens is 3. The number of nitrogens with one attached hydrogen (secondary N) is 1. The SMILES string of the molecule is CCC.O=C(C1CCC(NCc2cccn2-c2cccnc2)C1)N1CCN(c2cc(C(F)(F)F)ccn2)CC1. The predicted octanol–water partition coefficient (Wildman–Crippen LogP) is 5.31. The monoisotopic (exact) mass is 542 g/mol. The first kappa shape index (κ1) is 28.6. The summed E-state index contributed by atoms with van der Waals surface area (Å²) in [4.78, 5) is 25.1. The van der Waals surface area contributed by atoms with Crippen LogP contribution < -0.4 is 10.2 Å². The molecule has 2 fully saturated rings. The smallest absolute Gasteiger partial charge is 0.353 e. The highest BCUT2D eigenvalue weighted by atomic mass is 19.4. The molecule has 2 aliphatic rings. The van der Waals surface area contributed by atoms with Crippen LogP contribution in [0.15, 0.2) is 61.2 Å². The van der Waals surface area contributed by atoms with Gasteiger partial charge < -0.3 is 19.7 Å². The Balaban J connectivity index is 0.00000112. The number of amides is 1. The largest absolute Gasteiger partial charge is 0.416 e. The number of carbonyl (C=O) groups excluding carboxylic acids is 1. The van der Waals surface area contributed by atoms with Gasteiger partial charge in [0.15, 0.2) is 0 Å². The van der Waals surface area contributed by atoms with Gasteiger partial charge in [0, 0.05) is 69.0 Å². The van der Waals surface area contributed by atoms with Crippen LogP contribution in [-0.4, -0.2) is 57.6 Å². The Bertz CT molecular complexity index is 1190. The number of carbonyl (C=O) groups is 1. The van der Waals surface area contributed by atoms with E-state index in [9.17, 15) is 18.0 Å². The van der Waals surface area contributed by atoms with Gasteiger partial charge in [-0.1, -0.05) is 20.3 Å². The third-order valence-electron chi connectivity index (χ3n) is 7.10. The Kier molecular flexibility index (Phi) is 9.61. The molecule has 4 heterocycles. The molecule has 1 aliphatic heterocycles. The van der Waals surface area contributed by atoms with Crippen LogP contribution in [0.2, 0.25) is 0 Å². The van der Waals surface area contributed by atoms with Gasteiger partial charge in [0.25, 0.3) is 0 Å². The summed E-state index contributed by atoms with van der Waals surface area (Å²) in [6.45, 7) is 6.88. The zero-order valence-corrected chi connectivity index (χ0v) is 22.6. The molecule has 0 aromatic carbocycles. The molecule has 3 aromatic rings. The van der Waals surface area contributed by atoms with E-state index in [1.165, 1.54) is 12.6 Å². The van der Waals surface area contributed by atoms with E-state index >= 15 is 0 Å². The van der Waals surface area contributed by atoms with Gasteiger partial charge in [0.1, 0.15) is 5.82 Å². The number of alkyl halides is 3. The van der Waals surface area contributed by atoms with Gasteiger partial charge in [0.05, 0.1) is 17.4 Å². The quantitative estimate of drug-likeness (QED) is 0.458. The van der Waals surface area contributed by atoms with Crippen molar-refractivity contribution in [3.05, 3.63) is 72.4 Å². The fourth-order valence-electron chi connectivity index (χ4n) is 5.13. The third kappa shape index (κ3) is 7.38. The number of hydrogen-bond acceptors (Lipinski definition) is 5. The van der Waals surface area contributed by atoms with Crippen molar-refractivity contribution in [2.45, 2.75) is 58.3 Å². The van der Waals surface area contributed by atoms with Crippen LogP contribution >= 0.6 is 0 Å². The van der Waals surface area contributed by atoms with Crippen LogP contribution in [0.1, 0.15) is 50.8 Å². The van der Waals surface area contributed by atoms with E-state index in [4.69, 9.17) is 0 Å². The third-order valence-corrected chi connectivity index (χ3v) is 7.10. The number of nitrogens with zero attached hydrogens (tertiary/aromatic N) is 5. The molecular weight excluding hydrogens is 505 g/mol. The van der Waals surface area contributed by atoms with Gasteiger partial charge in [0.2, 0.25) is 5.91 Å². The molecule has 2 unspecified atom stereocenters. The molecule has 1 saturated carbocycles. The number of rotatable bonds is 6. The molecule has 39 heavy (non-hydrogen) atoms. The average Bonchev–Trinajstić information content (AvgIpc) is 3.62. The molecule has 3 aromatic heterocycles. The molecule has 0 bridgehead atoms. The van der Waals surface area contributed by atoms with Crippen LogP contribution in [0.4, 0.5) is 19.0 Å². The maximum absolute atomic E-state index is 13.2. The van der Waals surface area contributed by atoms with Crippen molar-refractivity contribution in [2.75, 3.05) is 31.1 Å². The maximum atomic E-state index is 13.2. The number of halogens is 3. The van der Waals surface area contributed by atoms with Gasteiger partial charge in [-0.05, 0) is 55.7 Å². The minimum absolute atomic E-state index is 0.0224. The lowest BCUT2D eigenvalue weighted by molar-refractivity contribution is -0.137. The fraction of sp³-hybridized carbons (Fsp3) is 0.483. The van der Waals surface area contributed by atoms with Crippen LogP contribution in [0.5, 0.6) is 0 Å². The van der Waals surface area contributed by atoms with Gasteiger partial charge in [-0.3, -0.25) is 9.78 Å². The maximum Gasteiger partial charge on any atom is 0.416 e. The molecule has 5 rings (SSSR count). The molecule has 1 N–H and O–H groups in total. The van der Waals surface area contributed by atoms with Crippen LogP contribution in [-0.2, 0) is 17.5 Å². The lowest BCUT2D eigenvalue weighted by Gasteiger charge is -2.36. The van der Waals surface area contributed by atoms with Crippen LogP contribution in [0.25, 0.3) is 5.69 Å². The molecule has 7 nitrogen and oxygen atoms in total. The number of pyridine rings is 2. The second-order valence-electron chi connectivity index (χ2n) is 10.1. The van der Waals surface area contributed by atoms with Crippen LogP contribution in [0.3, 0.4) is 0 Å². The Morgan fingerprint density at radius 1 is 1.05 bits per heavy atom. The summed E-state index contributed by atoms with van der Waals surface area (Å²) in [6, 6.07) is 10.3. The van der Waals surface area contributed by atoms with E-state index < -0.39 is 11.7 Å². The Morgan fingerprint density at radius 3 is 2.51 bits per heavy atom. The summed E-state index contributed by atoms with van der Waals surface area (Å²) in [5, 5.41) is 3.61. The van der Waals surface area contributed by atoms with Crippen LogP contribution in [0, 0.1) is 5.92 Å². The second kappa shape index (κ2) is 13.1. The normalized spacial score (nSPS) is 19.5. The molecule has 1 saturated heterocycles. The summed E-state index contributed by atoms with van der Waals surface area (Å²) in [6.07, 6.45) is 6.22. The number of hydrogen-bond donors (Lipinski definition) is 1. The Morgan fingerprint density at radius 2 is 1.82 bits per heavy atom. The average molecular weight is 543 g/mol. The first-order chi connectivity index (χ1) is 18.8. The lowest BCUT2D eigenvalue weighted by atomic mass is 10.1. The highest BCUT2D eigenvalue weighted by Gasteiger charge is 2.35. The van der Waals surface area contributed by atoms with E-state index in [1.54, 1.807) is 6.20 Å². The van der Waals surface area contributed by atoms with Gasteiger partial charge >= 0.3 is 6.18 Å². The highest BCUT2D eigenvalue weighted by molar-refractivity contribution is 5.79. The van der Waals surface area contributed by atoms with Crippen molar-refractivity contribution in [3.63, 3.8) is 0 Å². The van der Waals surface area contributed by atoms with E-state index in [0.29, 0.717) is 38.5 Å². The Hall–Kier alpha value is -3.40. The lowest BCUT2D eigenvalue weighted by Crippen LogP contribution is -2.50. The highest BCUT2D eigenvalue weighted by Crippen LogP contribution is 2.32. The van der Waals surface area contributed by atoms with Crippen molar-refractivity contribution in [2.24, 2.45) is 5.92 Å². The standard InChI is InChI=1S/C26H29F3N6O.C3H8/c27-26(28,29)20-7-9-31-24(16-20)33-11-13-34(14-12-33)25(36)19-5-6-21(15-19)32-18-23-4-2-10-35(23)22-3-1-8-30-17-22;1-3-2/h1-4,7-10,16-17,19,21,32H,5-6,11-15,18H2;3H2,1-2H3. The molecule has 0 radical (unpaired) electrons. The fourth-order valence-corrected chi connectivity index (χ4v) is 5.13. The molecule has 1 aliphatic carbocycles. The molecular formula is C29H37F3N6O. The van der Waals surface area contributed by atoms with Crippen molar-refractivity contribution >= 4 is 11.7 Å². The molecule has 210 valence electrons. The van der Waals surface area contributed by atoms with Gasteiger partial charge in [-0.2, -0.15) is 13.2 Å². The van der Waals surface area contributed by atoms with E-state index in [2.05, 4.69) is 39.8 Å². The van der Waals surface area contributed by atoms with Crippen molar-refractivity contribution < 1.29 is 18.0 Å². The topological polar surface area (TPSA) is 66.3 Å². The second-order valence-corrected chi connectivity index (χ2v) is 10.1. The first-order valence-corrected chi connectivity index (χ1v) is 13.7. The van der Waals surface area contributed by atoms with Crippen molar-refractivity contribution in [3.8, 4) is 5.69 Å². The molecule has 2 atom stereocenters. The number of anilines is 1.